The van der Waals surface area contributed by atoms with Crippen LogP contribution in [0.1, 0.15) is 27.2 Å². The van der Waals surface area contributed by atoms with Gasteiger partial charge in [-0.15, -0.1) is 0 Å². The van der Waals surface area contributed by atoms with Gasteiger partial charge in [0, 0.05) is 12.1 Å². The van der Waals surface area contributed by atoms with Crippen LogP contribution in [0.15, 0.2) is 0 Å². The zero-order valence-electron chi connectivity index (χ0n) is 8.81. The van der Waals surface area contributed by atoms with Gasteiger partial charge in [-0.05, 0) is 19.3 Å². The molecule has 14 heavy (non-hydrogen) atoms. The number of amides is 1. The maximum atomic E-state index is 12.0. The molecule has 0 spiro atoms. The summed E-state index contributed by atoms with van der Waals surface area (Å²) >= 11 is 0. The highest BCUT2D eigenvalue weighted by molar-refractivity contribution is 5.79. The van der Waals surface area contributed by atoms with Gasteiger partial charge in [0.05, 0.1) is 0 Å². The lowest BCUT2D eigenvalue weighted by molar-refractivity contribution is -0.133. The monoisotopic (exact) mass is 208 g/mol. The molecule has 1 amide bonds. The molecule has 0 aliphatic carbocycles. The summed E-state index contributed by atoms with van der Waals surface area (Å²) in [4.78, 5) is 10.8. The van der Waals surface area contributed by atoms with Crippen molar-refractivity contribution in [2.75, 3.05) is 6.54 Å². The molecule has 1 unspecified atom stereocenters. The lowest BCUT2D eigenvalue weighted by Gasteiger charge is -2.30. The molecule has 0 rings (SSSR count). The molecule has 0 fully saturated rings. The maximum Gasteiger partial charge on any atom is 0.315 e. The predicted octanol–water partition coefficient (Wildman–Crippen LogP) is 1.13. The van der Waals surface area contributed by atoms with Crippen LogP contribution in [0.3, 0.4) is 0 Å². The first-order valence-corrected chi connectivity index (χ1v) is 4.61. The van der Waals surface area contributed by atoms with Crippen molar-refractivity contribution in [1.29, 1.82) is 0 Å². The number of alkyl halides is 2. The first-order chi connectivity index (χ1) is 6.30. The van der Waals surface area contributed by atoms with E-state index in [1.54, 1.807) is 6.92 Å². The van der Waals surface area contributed by atoms with Gasteiger partial charge < -0.3 is 11.1 Å². The van der Waals surface area contributed by atoms with Gasteiger partial charge in [-0.1, -0.05) is 13.8 Å². The molecule has 0 aliphatic rings. The molecule has 0 aromatic heterocycles. The van der Waals surface area contributed by atoms with Crippen LogP contribution >= 0.6 is 0 Å². The minimum absolute atomic E-state index is 0.156. The first kappa shape index (κ1) is 13.3. The standard InChI is InChI=1S/C9H18F2N2O/c1-6(2)4-9(3,5-12)13-8(14)7(10)11/h6-7H,4-5,12H2,1-3H3,(H,13,14). The van der Waals surface area contributed by atoms with Gasteiger partial charge in [0.15, 0.2) is 0 Å². The molecule has 0 saturated heterocycles. The van der Waals surface area contributed by atoms with Gasteiger partial charge in [-0.2, -0.15) is 8.78 Å². The van der Waals surface area contributed by atoms with E-state index in [0.717, 1.165) is 0 Å². The summed E-state index contributed by atoms with van der Waals surface area (Å²) in [6, 6.07) is 0. The molecule has 0 radical (unpaired) electrons. The highest BCUT2D eigenvalue weighted by Gasteiger charge is 2.28. The zero-order valence-corrected chi connectivity index (χ0v) is 8.81. The lowest BCUT2D eigenvalue weighted by atomic mass is 9.91. The molecule has 0 bridgehead atoms. The van der Waals surface area contributed by atoms with Crippen molar-refractivity contribution in [2.45, 2.75) is 39.2 Å². The van der Waals surface area contributed by atoms with Crippen LogP contribution < -0.4 is 11.1 Å². The Morgan fingerprint density at radius 1 is 1.50 bits per heavy atom. The van der Waals surface area contributed by atoms with Crippen LogP contribution in [-0.2, 0) is 4.79 Å². The number of hydrogen-bond acceptors (Lipinski definition) is 2. The second-order valence-electron chi connectivity index (χ2n) is 4.15. The first-order valence-electron chi connectivity index (χ1n) is 4.61. The van der Waals surface area contributed by atoms with Crippen molar-refractivity contribution in [3.63, 3.8) is 0 Å². The van der Waals surface area contributed by atoms with Gasteiger partial charge in [-0.25, -0.2) is 0 Å². The third-order valence-corrected chi connectivity index (χ3v) is 1.93. The normalized spacial score (nSPS) is 15.7. The lowest BCUT2D eigenvalue weighted by Crippen LogP contribution is -2.53. The Balaban J connectivity index is 4.32. The number of halogens is 2. The number of carbonyl (C=O) groups is 1. The van der Waals surface area contributed by atoms with E-state index < -0.39 is 17.9 Å². The summed E-state index contributed by atoms with van der Waals surface area (Å²) in [5.41, 5.74) is 4.71. The molecule has 3 nitrogen and oxygen atoms in total. The molecule has 5 heteroatoms. The second-order valence-corrected chi connectivity index (χ2v) is 4.15. The SMILES string of the molecule is CC(C)CC(C)(CN)NC(=O)C(F)F. The third kappa shape index (κ3) is 4.50. The topological polar surface area (TPSA) is 55.1 Å². The number of hydrogen-bond donors (Lipinski definition) is 2. The summed E-state index contributed by atoms with van der Waals surface area (Å²) < 4.78 is 24.0. The fraction of sp³-hybridized carbons (Fsp3) is 0.889. The zero-order chi connectivity index (χ0) is 11.4. The largest absolute Gasteiger partial charge is 0.345 e. The Kier molecular flexibility index (Phi) is 4.97. The summed E-state index contributed by atoms with van der Waals surface area (Å²) in [6.07, 6.45) is -2.39. The fourth-order valence-electron chi connectivity index (χ4n) is 1.44. The maximum absolute atomic E-state index is 12.0. The Morgan fingerprint density at radius 2 is 2.00 bits per heavy atom. The summed E-state index contributed by atoms with van der Waals surface area (Å²) in [6.45, 7) is 5.72. The molecule has 1 atom stereocenters. The van der Waals surface area contributed by atoms with Crippen molar-refractivity contribution in [1.82, 2.24) is 5.32 Å². The van der Waals surface area contributed by atoms with Crippen molar-refractivity contribution in [3.8, 4) is 0 Å². The van der Waals surface area contributed by atoms with Gasteiger partial charge in [0.2, 0.25) is 0 Å². The van der Waals surface area contributed by atoms with Crippen molar-refractivity contribution >= 4 is 5.91 Å². The molecule has 0 aromatic rings. The van der Waals surface area contributed by atoms with Crippen LogP contribution in [0.2, 0.25) is 0 Å². The Hall–Kier alpha value is -0.710. The number of rotatable bonds is 5. The van der Waals surface area contributed by atoms with Gasteiger partial charge >= 0.3 is 6.43 Å². The molecule has 0 heterocycles. The van der Waals surface area contributed by atoms with Crippen molar-refractivity contribution in [3.05, 3.63) is 0 Å². The van der Waals surface area contributed by atoms with E-state index >= 15 is 0 Å². The predicted molar refractivity (Wildman–Crippen MR) is 51.1 cm³/mol. The minimum Gasteiger partial charge on any atom is -0.345 e. The van der Waals surface area contributed by atoms with Crippen LogP contribution in [-0.4, -0.2) is 24.4 Å². The van der Waals surface area contributed by atoms with E-state index in [2.05, 4.69) is 5.32 Å². The number of nitrogens with two attached hydrogens (primary N) is 1. The van der Waals surface area contributed by atoms with Crippen LogP contribution in [0.25, 0.3) is 0 Å². The highest BCUT2D eigenvalue weighted by Crippen LogP contribution is 2.15. The molecule has 0 aromatic carbocycles. The van der Waals surface area contributed by atoms with Crippen molar-refractivity contribution in [2.24, 2.45) is 11.7 Å². The Bertz CT molecular complexity index is 197. The second kappa shape index (κ2) is 5.24. The van der Waals surface area contributed by atoms with Crippen molar-refractivity contribution < 1.29 is 13.6 Å². The number of nitrogens with one attached hydrogen (secondary N) is 1. The van der Waals surface area contributed by atoms with Crippen LogP contribution in [0, 0.1) is 5.92 Å². The number of carbonyl (C=O) groups excluding carboxylic acids is 1. The Morgan fingerprint density at radius 3 is 2.29 bits per heavy atom. The summed E-state index contributed by atoms with van der Waals surface area (Å²) in [5, 5.41) is 2.26. The fourth-order valence-corrected chi connectivity index (χ4v) is 1.44. The van der Waals surface area contributed by atoms with E-state index in [1.807, 2.05) is 13.8 Å². The van der Waals surface area contributed by atoms with Gasteiger partial charge in [-0.3, -0.25) is 4.79 Å². The molecule has 84 valence electrons. The highest BCUT2D eigenvalue weighted by atomic mass is 19.3. The molecular weight excluding hydrogens is 190 g/mol. The van der Waals surface area contributed by atoms with Crippen LogP contribution in [0.5, 0.6) is 0 Å². The van der Waals surface area contributed by atoms with E-state index in [4.69, 9.17) is 5.73 Å². The van der Waals surface area contributed by atoms with Gasteiger partial charge in [0.1, 0.15) is 0 Å². The van der Waals surface area contributed by atoms with E-state index in [9.17, 15) is 13.6 Å². The Labute approximate surface area is 83.0 Å². The van der Waals surface area contributed by atoms with E-state index in [0.29, 0.717) is 12.3 Å². The minimum atomic E-state index is -2.98. The summed E-state index contributed by atoms with van der Waals surface area (Å²) in [5.74, 6) is -0.958. The summed E-state index contributed by atoms with van der Waals surface area (Å²) in [7, 11) is 0. The van der Waals surface area contributed by atoms with E-state index in [1.165, 1.54) is 0 Å². The quantitative estimate of drug-likeness (QED) is 0.711. The van der Waals surface area contributed by atoms with Crippen LogP contribution in [0.4, 0.5) is 8.78 Å². The van der Waals surface area contributed by atoms with Gasteiger partial charge in [0.25, 0.3) is 5.91 Å². The molecular formula is C9H18F2N2O. The van der Waals surface area contributed by atoms with E-state index in [-0.39, 0.29) is 6.54 Å². The molecule has 0 saturated carbocycles. The molecule has 0 aliphatic heterocycles. The average molecular weight is 208 g/mol. The smallest absolute Gasteiger partial charge is 0.315 e. The average Bonchev–Trinajstić information content (AvgIpc) is 2.02. The molecule has 3 N–H and O–H groups in total. The third-order valence-electron chi connectivity index (χ3n) is 1.93.